The number of sulfonamides is 1. The number of piperazine rings is 1. The van der Waals surface area contributed by atoms with Gasteiger partial charge < -0.3 is 4.90 Å². The minimum Gasteiger partial charge on any atom is -0.369 e. The van der Waals surface area contributed by atoms with Gasteiger partial charge in [-0.2, -0.15) is 4.31 Å². The van der Waals surface area contributed by atoms with Crippen molar-refractivity contribution in [3.05, 3.63) is 58.1 Å². The van der Waals surface area contributed by atoms with Crippen molar-refractivity contribution in [1.82, 2.24) is 4.31 Å². The normalized spacial score (nSPS) is 16.4. The zero-order valence-corrected chi connectivity index (χ0v) is 16.3. The van der Waals surface area contributed by atoms with Gasteiger partial charge in [0.15, 0.2) is 0 Å². The highest BCUT2D eigenvalue weighted by molar-refractivity contribution is 9.10. The van der Waals surface area contributed by atoms with Crippen molar-refractivity contribution < 1.29 is 8.42 Å². The van der Waals surface area contributed by atoms with Gasteiger partial charge in [-0.1, -0.05) is 24.3 Å². The maximum Gasteiger partial charge on any atom is 0.244 e. The molecule has 0 aromatic heterocycles. The second kappa shape index (κ2) is 6.86. The first-order valence-corrected chi connectivity index (χ1v) is 10.2. The molecule has 4 nitrogen and oxygen atoms in total. The van der Waals surface area contributed by atoms with Gasteiger partial charge in [0.05, 0.1) is 4.90 Å². The summed E-state index contributed by atoms with van der Waals surface area (Å²) in [6.45, 7) is 6.58. The number of benzene rings is 2. The van der Waals surface area contributed by atoms with Crippen LogP contribution < -0.4 is 4.90 Å². The van der Waals surface area contributed by atoms with Gasteiger partial charge in [-0.3, -0.25) is 0 Å². The Morgan fingerprint density at radius 1 is 0.958 bits per heavy atom. The van der Waals surface area contributed by atoms with Gasteiger partial charge in [0.25, 0.3) is 0 Å². The van der Waals surface area contributed by atoms with Gasteiger partial charge in [0, 0.05) is 36.3 Å². The zero-order chi connectivity index (χ0) is 17.3. The molecule has 0 bridgehead atoms. The van der Waals surface area contributed by atoms with Crippen LogP contribution in [-0.4, -0.2) is 38.9 Å². The van der Waals surface area contributed by atoms with Crippen molar-refractivity contribution in [2.75, 3.05) is 31.1 Å². The number of hydrogen-bond acceptors (Lipinski definition) is 3. The molecule has 24 heavy (non-hydrogen) atoms. The summed E-state index contributed by atoms with van der Waals surface area (Å²) in [6.07, 6.45) is 0. The molecule has 0 N–H and O–H groups in total. The summed E-state index contributed by atoms with van der Waals surface area (Å²) in [7, 11) is -3.46. The summed E-state index contributed by atoms with van der Waals surface area (Å²) >= 11 is 3.35. The van der Waals surface area contributed by atoms with E-state index < -0.39 is 10.0 Å². The Bertz CT molecular complexity index is 844. The maximum atomic E-state index is 12.8. The number of nitrogens with zero attached hydrogens (tertiary/aromatic N) is 2. The van der Waals surface area contributed by atoms with Crippen molar-refractivity contribution >= 4 is 31.6 Å². The first-order chi connectivity index (χ1) is 11.4. The highest BCUT2D eigenvalue weighted by Gasteiger charge is 2.30. The third-order valence-electron chi connectivity index (χ3n) is 4.40. The van der Waals surface area contributed by atoms with Crippen LogP contribution in [0, 0.1) is 13.8 Å². The fraction of sp³-hybridized carbons (Fsp3) is 0.333. The molecule has 1 saturated heterocycles. The maximum absolute atomic E-state index is 12.8. The second-order valence-corrected chi connectivity index (χ2v) is 8.87. The van der Waals surface area contributed by atoms with Gasteiger partial charge in [-0.25, -0.2) is 8.42 Å². The summed E-state index contributed by atoms with van der Waals surface area (Å²) in [6, 6.07) is 13.4. The lowest BCUT2D eigenvalue weighted by Crippen LogP contribution is -2.48. The predicted molar refractivity (Wildman–Crippen MR) is 101 cm³/mol. The Morgan fingerprint density at radius 2 is 1.62 bits per heavy atom. The molecule has 0 amide bonds. The van der Waals surface area contributed by atoms with E-state index in [1.807, 2.05) is 6.07 Å². The fourth-order valence-electron chi connectivity index (χ4n) is 3.02. The van der Waals surface area contributed by atoms with Crippen molar-refractivity contribution in [2.45, 2.75) is 18.7 Å². The highest BCUT2D eigenvalue weighted by Crippen LogP contribution is 2.27. The molecule has 0 spiro atoms. The van der Waals surface area contributed by atoms with E-state index in [4.69, 9.17) is 0 Å². The molecular weight excluding hydrogens is 388 g/mol. The van der Waals surface area contributed by atoms with E-state index in [-0.39, 0.29) is 0 Å². The molecule has 2 aromatic carbocycles. The van der Waals surface area contributed by atoms with Crippen LogP contribution >= 0.6 is 15.9 Å². The SMILES string of the molecule is Cc1ccc(C)c(N2CCN(S(=O)(=O)c3ccccc3Br)CC2)c1. The van der Waals surface area contributed by atoms with E-state index in [0.717, 1.165) is 0 Å². The largest absolute Gasteiger partial charge is 0.369 e. The van der Waals surface area contributed by atoms with E-state index in [9.17, 15) is 8.42 Å². The van der Waals surface area contributed by atoms with Crippen molar-refractivity contribution in [3.63, 3.8) is 0 Å². The van der Waals surface area contributed by atoms with E-state index in [1.54, 1.807) is 22.5 Å². The van der Waals surface area contributed by atoms with Crippen molar-refractivity contribution in [3.8, 4) is 0 Å². The summed E-state index contributed by atoms with van der Waals surface area (Å²) in [5.74, 6) is 0. The van der Waals surface area contributed by atoms with Gasteiger partial charge in [0.2, 0.25) is 10.0 Å². The van der Waals surface area contributed by atoms with Crippen LogP contribution in [-0.2, 0) is 10.0 Å². The number of rotatable bonds is 3. The number of anilines is 1. The molecule has 3 rings (SSSR count). The van der Waals surface area contributed by atoms with Crippen LogP contribution in [0.3, 0.4) is 0 Å². The van der Waals surface area contributed by atoms with E-state index in [2.05, 4.69) is 52.9 Å². The monoisotopic (exact) mass is 408 g/mol. The molecule has 2 aromatic rings. The summed E-state index contributed by atoms with van der Waals surface area (Å²) in [5.41, 5.74) is 3.65. The Kier molecular flexibility index (Phi) is 4.99. The highest BCUT2D eigenvalue weighted by atomic mass is 79.9. The van der Waals surface area contributed by atoms with Gasteiger partial charge >= 0.3 is 0 Å². The van der Waals surface area contributed by atoms with Crippen LogP contribution in [0.25, 0.3) is 0 Å². The van der Waals surface area contributed by atoms with E-state index in [1.165, 1.54) is 16.8 Å². The third-order valence-corrected chi connectivity index (χ3v) is 7.31. The zero-order valence-electron chi connectivity index (χ0n) is 13.9. The Balaban J connectivity index is 1.78. The molecule has 1 aliphatic heterocycles. The molecule has 1 heterocycles. The smallest absolute Gasteiger partial charge is 0.244 e. The molecular formula is C18H21BrN2O2S. The van der Waals surface area contributed by atoms with Crippen LogP contribution in [0.5, 0.6) is 0 Å². The Morgan fingerprint density at radius 3 is 2.29 bits per heavy atom. The Labute approximate surface area is 152 Å². The molecule has 128 valence electrons. The summed E-state index contributed by atoms with van der Waals surface area (Å²) < 4.78 is 27.9. The lowest BCUT2D eigenvalue weighted by Gasteiger charge is -2.36. The average molecular weight is 409 g/mol. The number of aryl methyl sites for hydroxylation is 2. The topological polar surface area (TPSA) is 40.6 Å². The van der Waals surface area contributed by atoms with Crippen LogP contribution in [0.4, 0.5) is 5.69 Å². The standard InChI is InChI=1S/C18H21BrN2O2S/c1-14-7-8-15(2)17(13-14)20-9-11-21(12-10-20)24(22,23)18-6-4-3-5-16(18)19/h3-8,13H,9-12H2,1-2H3. The van der Waals surface area contributed by atoms with E-state index in [0.29, 0.717) is 35.5 Å². The summed E-state index contributed by atoms with van der Waals surface area (Å²) in [4.78, 5) is 2.61. The van der Waals surface area contributed by atoms with Crippen LogP contribution in [0.15, 0.2) is 51.8 Å². The fourth-order valence-corrected chi connectivity index (χ4v) is 5.41. The minimum atomic E-state index is -3.46. The predicted octanol–water partition coefficient (Wildman–Crippen LogP) is 3.58. The van der Waals surface area contributed by atoms with Crippen molar-refractivity contribution in [2.24, 2.45) is 0 Å². The van der Waals surface area contributed by atoms with Gasteiger partial charge in [-0.15, -0.1) is 0 Å². The molecule has 0 radical (unpaired) electrons. The minimum absolute atomic E-state index is 0.338. The number of halogens is 1. The van der Waals surface area contributed by atoms with Gasteiger partial charge in [-0.05, 0) is 59.1 Å². The lowest BCUT2D eigenvalue weighted by molar-refractivity contribution is 0.384. The first-order valence-electron chi connectivity index (χ1n) is 7.96. The molecule has 0 atom stereocenters. The average Bonchev–Trinajstić information content (AvgIpc) is 2.57. The number of hydrogen-bond donors (Lipinski definition) is 0. The van der Waals surface area contributed by atoms with Crippen LogP contribution in [0.1, 0.15) is 11.1 Å². The molecule has 1 aliphatic rings. The van der Waals surface area contributed by atoms with E-state index >= 15 is 0 Å². The molecule has 0 aliphatic carbocycles. The second-order valence-electron chi connectivity index (χ2n) is 6.11. The molecule has 1 fully saturated rings. The van der Waals surface area contributed by atoms with Gasteiger partial charge in [0.1, 0.15) is 0 Å². The molecule has 0 saturated carbocycles. The van der Waals surface area contributed by atoms with Crippen LogP contribution in [0.2, 0.25) is 0 Å². The molecule has 0 unspecified atom stereocenters. The third kappa shape index (κ3) is 3.36. The lowest BCUT2D eigenvalue weighted by atomic mass is 10.1. The quantitative estimate of drug-likeness (QED) is 0.778. The first kappa shape index (κ1) is 17.5. The summed E-state index contributed by atoms with van der Waals surface area (Å²) in [5, 5.41) is 0. The van der Waals surface area contributed by atoms with Crippen molar-refractivity contribution in [1.29, 1.82) is 0 Å². The molecule has 6 heteroatoms. The Hall–Kier alpha value is -1.37.